The number of likely N-dealkylation sites (N-methyl/N-ethyl adjacent to an activating group) is 1. The Labute approximate surface area is 130 Å². The van der Waals surface area contributed by atoms with E-state index in [2.05, 4.69) is 0 Å². The van der Waals surface area contributed by atoms with Gasteiger partial charge in [0.15, 0.2) is 0 Å². The quantitative estimate of drug-likeness (QED) is 0.841. The molecule has 0 fully saturated rings. The summed E-state index contributed by atoms with van der Waals surface area (Å²) < 4.78 is 5.65. The molecule has 21 heavy (non-hydrogen) atoms. The number of rotatable bonds is 5. The van der Waals surface area contributed by atoms with Gasteiger partial charge in [-0.15, -0.1) is 0 Å². The van der Waals surface area contributed by atoms with Crippen LogP contribution in [0.3, 0.4) is 0 Å². The van der Waals surface area contributed by atoms with Gasteiger partial charge in [-0.2, -0.15) is 0 Å². The van der Waals surface area contributed by atoms with Crippen LogP contribution in [0.4, 0.5) is 0 Å². The Kier molecular flexibility index (Phi) is 5.23. The maximum absolute atomic E-state index is 12.2. The summed E-state index contributed by atoms with van der Waals surface area (Å²) in [5, 5.41) is 0.467. The molecule has 110 valence electrons. The van der Waals surface area contributed by atoms with Crippen LogP contribution in [0.25, 0.3) is 0 Å². The van der Waals surface area contributed by atoms with Crippen molar-refractivity contribution in [3.05, 3.63) is 64.7 Å². The maximum atomic E-state index is 12.2. The minimum Gasteiger partial charge on any atom is -0.492 e. The molecular formula is C17H18ClNO2. The van der Waals surface area contributed by atoms with E-state index in [1.54, 1.807) is 36.2 Å². The third-order valence-electron chi connectivity index (χ3n) is 3.14. The van der Waals surface area contributed by atoms with Crippen molar-refractivity contribution in [3.8, 4) is 5.75 Å². The fraction of sp³-hybridized carbons (Fsp3) is 0.235. The smallest absolute Gasteiger partial charge is 0.255 e. The van der Waals surface area contributed by atoms with E-state index in [0.29, 0.717) is 23.7 Å². The van der Waals surface area contributed by atoms with Gasteiger partial charge >= 0.3 is 0 Å². The number of hydrogen-bond donors (Lipinski definition) is 0. The number of aryl methyl sites for hydroxylation is 1. The summed E-state index contributed by atoms with van der Waals surface area (Å²) in [5.41, 5.74) is 1.66. The van der Waals surface area contributed by atoms with Crippen LogP contribution in [0.1, 0.15) is 15.9 Å². The van der Waals surface area contributed by atoms with E-state index in [1.807, 2.05) is 31.2 Å². The predicted molar refractivity (Wildman–Crippen MR) is 85.1 cm³/mol. The second kappa shape index (κ2) is 7.14. The van der Waals surface area contributed by atoms with E-state index in [-0.39, 0.29) is 5.91 Å². The number of ether oxygens (including phenoxy) is 1. The Morgan fingerprint density at radius 2 is 1.95 bits per heavy atom. The lowest BCUT2D eigenvalue weighted by molar-refractivity contribution is 0.0774. The minimum absolute atomic E-state index is 0.103. The third kappa shape index (κ3) is 4.23. The van der Waals surface area contributed by atoms with E-state index in [0.717, 1.165) is 11.3 Å². The van der Waals surface area contributed by atoms with Crippen LogP contribution in [0.5, 0.6) is 5.75 Å². The molecule has 0 aliphatic rings. The van der Waals surface area contributed by atoms with Gasteiger partial charge in [0, 0.05) is 7.05 Å². The third-order valence-corrected chi connectivity index (χ3v) is 3.47. The summed E-state index contributed by atoms with van der Waals surface area (Å²) in [6, 6.07) is 14.9. The Bertz CT molecular complexity index is 628. The summed E-state index contributed by atoms with van der Waals surface area (Å²) in [6.45, 7) is 2.95. The van der Waals surface area contributed by atoms with Gasteiger partial charge in [-0.05, 0) is 36.8 Å². The van der Waals surface area contributed by atoms with Crippen molar-refractivity contribution in [2.45, 2.75) is 6.92 Å². The number of halogens is 1. The summed E-state index contributed by atoms with van der Waals surface area (Å²) in [7, 11) is 1.74. The van der Waals surface area contributed by atoms with Crippen LogP contribution in [0.15, 0.2) is 48.5 Å². The molecule has 0 aliphatic heterocycles. The summed E-state index contributed by atoms with van der Waals surface area (Å²) in [5.74, 6) is 0.710. The molecule has 0 bridgehead atoms. The molecule has 0 saturated heterocycles. The van der Waals surface area contributed by atoms with Gasteiger partial charge < -0.3 is 9.64 Å². The number of benzene rings is 2. The van der Waals surface area contributed by atoms with Crippen molar-refractivity contribution < 1.29 is 9.53 Å². The molecule has 0 unspecified atom stereocenters. The maximum Gasteiger partial charge on any atom is 0.255 e. The number of hydrogen-bond acceptors (Lipinski definition) is 2. The lowest BCUT2D eigenvalue weighted by Crippen LogP contribution is -2.31. The average Bonchev–Trinajstić information content (AvgIpc) is 2.47. The number of amides is 1. The second-order valence-corrected chi connectivity index (χ2v) is 5.28. The normalized spacial score (nSPS) is 10.2. The first kappa shape index (κ1) is 15.4. The van der Waals surface area contributed by atoms with Gasteiger partial charge in [0.25, 0.3) is 5.91 Å². The Balaban J connectivity index is 1.89. The van der Waals surface area contributed by atoms with Gasteiger partial charge in [-0.3, -0.25) is 4.79 Å². The molecule has 2 rings (SSSR count). The molecule has 3 nitrogen and oxygen atoms in total. The topological polar surface area (TPSA) is 29.5 Å². The van der Waals surface area contributed by atoms with E-state index in [9.17, 15) is 4.79 Å². The molecule has 0 aromatic heterocycles. The average molecular weight is 304 g/mol. The molecule has 2 aromatic rings. The first-order chi connectivity index (χ1) is 10.1. The van der Waals surface area contributed by atoms with Crippen LogP contribution < -0.4 is 4.74 Å². The molecule has 0 N–H and O–H groups in total. The first-order valence-corrected chi connectivity index (χ1v) is 7.15. The van der Waals surface area contributed by atoms with Crippen molar-refractivity contribution in [1.29, 1.82) is 0 Å². The van der Waals surface area contributed by atoms with Gasteiger partial charge in [0.05, 0.1) is 17.1 Å². The molecule has 0 spiro atoms. The lowest BCUT2D eigenvalue weighted by Gasteiger charge is -2.18. The minimum atomic E-state index is -0.103. The number of carbonyl (C=O) groups is 1. The monoisotopic (exact) mass is 303 g/mol. The number of nitrogens with zero attached hydrogens (tertiary/aromatic N) is 1. The SMILES string of the molecule is Cc1cccc(OCCN(C)C(=O)c2ccccc2Cl)c1. The van der Waals surface area contributed by atoms with Gasteiger partial charge in [0.2, 0.25) is 0 Å². The van der Waals surface area contributed by atoms with Crippen LogP contribution >= 0.6 is 11.6 Å². The lowest BCUT2D eigenvalue weighted by atomic mass is 10.2. The highest BCUT2D eigenvalue weighted by molar-refractivity contribution is 6.33. The summed E-state index contributed by atoms with van der Waals surface area (Å²) in [6.07, 6.45) is 0. The van der Waals surface area contributed by atoms with Crippen molar-refractivity contribution in [2.75, 3.05) is 20.2 Å². The molecule has 4 heteroatoms. The van der Waals surface area contributed by atoms with Gasteiger partial charge in [-0.1, -0.05) is 35.9 Å². The fourth-order valence-corrected chi connectivity index (χ4v) is 2.16. The van der Waals surface area contributed by atoms with Crippen molar-refractivity contribution >= 4 is 17.5 Å². The molecule has 0 atom stereocenters. The van der Waals surface area contributed by atoms with E-state index >= 15 is 0 Å². The van der Waals surface area contributed by atoms with E-state index < -0.39 is 0 Å². The van der Waals surface area contributed by atoms with E-state index in [1.165, 1.54) is 0 Å². The molecule has 2 aromatic carbocycles. The highest BCUT2D eigenvalue weighted by atomic mass is 35.5. The fourth-order valence-electron chi connectivity index (χ4n) is 1.95. The molecule has 0 saturated carbocycles. The zero-order valence-corrected chi connectivity index (χ0v) is 12.9. The molecule has 0 heterocycles. The van der Waals surface area contributed by atoms with E-state index in [4.69, 9.17) is 16.3 Å². The van der Waals surface area contributed by atoms with Gasteiger partial charge in [0.1, 0.15) is 12.4 Å². The van der Waals surface area contributed by atoms with Crippen molar-refractivity contribution in [3.63, 3.8) is 0 Å². The Morgan fingerprint density at radius 1 is 1.19 bits per heavy atom. The predicted octanol–water partition coefficient (Wildman–Crippen LogP) is 3.80. The van der Waals surface area contributed by atoms with Gasteiger partial charge in [-0.25, -0.2) is 0 Å². The first-order valence-electron chi connectivity index (χ1n) is 6.77. The van der Waals surface area contributed by atoms with Crippen LogP contribution in [0, 0.1) is 6.92 Å². The van der Waals surface area contributed by atoms with Crippen LogP contribution in [-0.2, 0) is 0 Å². The molecule has 0 aliphatic carbocycles. The summed E-state index contributed by atoms with van der Waals surface area (Å²) in [4.78, 5) is 13.9. The standard InChI is InChI=1S/C17H18ClNO2/c1-13-6-5-7-14(12-13)21-11-10-19(2)17(20)15-8-3-4-9-16(15)18/h3-9,12H,10-11H2,1-2H3. The second-order valence-electron chi connectivity index (χ2n) is 4.87. The largest absolute Gasteiger partial charge is 0.492 e. The summed E-state index contributed by atoms with van der Waals surface area (Å²) >= 11 is 6.03. The van der Waals surface area contributed by atoms with Crippen LogP contribution in [0.2, 0.25) is 5.02 Å². The zero-order valence-electron chi connectivity index (χ0n) is 12.2. The van der Waals surface area contributed by atoms with Crippen molar-refractivity contribution in [1.82, 2.24) is 4.90 Å². The number of carbonyl (C=O) groups excluding carboxylic acids is 1. The highest BCUT2D eigenvalue weighted by Gasteiger charge is 2.14. The van der Waals surface area contributed by atoms with Crippen molar-refractivity contribution in [2.24, 2.45) is 0 Å². The highest BCUT2D eigenvalue weighted by Crippen LogP contribution is 2.17. The zero-order chi connectivity index (χ0) is 15.2. The molecular weight excluding hydrogens is 286 g/mol. The molecule has 1 amide bonds. The Hall–Kier alpha value is -2.00. The van der Waals surface area contributed by atoms with Crippen LogP contribution in [-0.4, -0.2) is 31.0 Å². The Morgan fingerprint density at radius 3 is 2.67 bits per heavy atom. The molecule has 0 radical (unpaired) electrons.